The van der Waals surface area contributed by atoms with Gasteiger partial charge in [-0.2, -0.15) is 15.3 Å². The molecule has 0 unspecified atom stereocenters. The molecule has 18 heavy (non-hydrogen) atoms. The molecule has 0 aliphatic heterocycles. The van der Waals surface area contributed by atoms with Gasteiger partial charge in [0.25, 0.3) is 0 Å². The first kappa shape index (κ1) is 13.7. The van der Waals surface area contributed by atoms with Crippen molar-refractivity contribution in [1.82, 2.24) is 0 Å². The molecule has 1 aromatic carbocycles. The van der Waals surface area contributed by atoms with Gasteiger partial charge in [0, 0.05) is 0 Å². The van der Waals surface area contributed by atoms with Crippen molar-refractivity contribution in [3.63, 3.8) is 0 Å². The molecule has 0 aliphatic carbocycles. The van der Waals surface area contributed by atoms with Crippen LogP contribution in [-0.2, 0) is 0 Å². The molecule has 0 spiro atoms. The Hall–Kier alpha value is -2.37. The van der Waals surface area contributed by atoms with E-state index >= 15 is 0 Å². The van der Waals surface area contributed by atoms with E-state index in [1.165, 1.54) is 0 Å². The monoisotopic (exact) mass is 246 g/mol. The van der Waals surface area contributed by atoms with E-state index in [0.29, 0.717) is 17.1 Å². The highest BCUT2D eigenvalue weighted by Crippen LogP contribution is 2.13. The standard InChI is InChI=1S/C12H18N6/c1-7(16-13)10-4-11(8(2)17-14)6-12(5-10)9(3)18-15/h4-6H,13-15H2,1-3H3/b16-7+,17-8+,18-9?. The van der Waals surface area contributed by atoms with Crippen molar-refractivity contribution < 1.29 is 0 Å². The molecular weight excluding hydrogens is 228 g/mol. The molecule has 6 nitrogen and oxygen atoms in total. The lowest BCUT2D eigenvalue weighted by atomic mass is 9.98. The summed E-state index contributed by atoms with van der Waals surface area (Å²) in [7, 11) is 0. The smallest absolute Gasteiger partial charge is 0.0642 e. The van der Waals surface area contributed by atoms with Gasteiger partial charge < -0.3 is 17.5 Å². The summed E-state index contributed by atoms with van der Waals surface area (Å²) in [5.41, 5.74) is 4.80. The Morgan fingerprint density at radius 1 is 0.667 bits per heavy atom. The quantitative estimate of drug-likeness (QED) is 0.415. The minimum absolute atomic E-state index is 0.716. The average molecular weight is 246 g/mol. The Bertz CT molecular complexity index is 439. The molecule has 96 valence electrons. The van der Waals surface area contributed by atoms with Gasteiger partial charge in [0.2, 0.25) is 0 Å². The van der Waals surface area contributed by atoms with Gasteiger partial charge in [0.05, 0.1) is 17.1 Å². The second kappa shape index (κ2) is 5.81. The molecule has 1 aromatic rings. The summed E-state index contributed by atoms with van der Waals surface area (Å²) >= 11 is 0. The molecule has 1 rings (SSSR count). The Labute approximate surface area is 106 Å². The third-order valence-corrected chi connectivity index (χ3v) is 2.77. The van der Waals surface area contributed by atoms with Gasteiger partial charge in [-0.05, 0) is 55.7 Å². The van der Waals surface area contributed by atoms with Crippen LogP contribution in [0, 0.1) is 0 Å². The first-order valence-electron chi connectivity index (χ1n) is 5.43. The fourth-order valence-electron chi connectivity index (χ4n) is 1.48. The Kier molecular flexibility index (Phi) is 4.42. The molecule has 0 radical (unpaired) electrons. The van der Waals surface area contributed by atoms with Gasteiger partial charge in [0.1, 0.15) is 0 Å². The van der Waals surface area contributed by atoms with Crippen LogP contribution in [0.5, 0.6) is 0 Å². The van der Waals surface area contributed by atoms with Gasteiger partial charge in [0.15, 0.2) is 0 Å². The second-order valence-corrected chi connectivity index (χ2v) is 3.94. The van der Waals surface area contributed by atoms with Crippen LogP contribution in [0.25, 0.3) is 0 Å². The highest BCUT2D eigenvalue weighted by atomic mass is 15.1. The summed E-state index contributed by atoms with van der Waals surface area (Å²) < 4.78 is 0. The molecule has 0 bridgehead atoms. The van der Waals surface area contributed by atoms with Crippen LogP contribution < -0.4 is 17.5 Å². The largest absolute Gasteiger partial charge is 0.323 e. The molecular formula is C12H18N6. The zero-order chi connectivity index (χ0) is 13.7. The highest BCUT2D eigenvalue weighted by Gasteiger charge is 2.08. The minimum atomic E-state index is 0.716. The molecule has 0 aromatic heterocycles. The summed E-state index contributed by atoms with van der Waals surface area (Å²) in [6.45, 7) is 5.48. The van der Waals surface area contributed by atoms with Gasteiger partial charge in [-0.25, -0.2) is 0 Å². The number of nitrogens with two attached hydrogens (primary N) is 3. The predicted molar refractivity (Wildman–Crippen MR) is 75.6 cm³/mol. The van der Waals surface area contributed by atoms with Gasteiger partial charge in [-0.3, -0.25) is 0 Å². The molecule has 0 aliphatic rings. The topological polar surface area (TPSA) is 115 Å². The summed E-state index contributed by atoms with van der Waals surface area (Å²) in [5.74, 6) is 15.9. The molecule has 0 atom stereocenters. The van der Waals surface area contributed by atoms with Crippen molar-refractivity contribution in [1.29, 1.82) is 0 Å². The second-order valence-electron chi connectivity index (χ2n) is 3.94. The minimum Gasteiger partial charge on any atom is -0.323 e. The predicted octanol–water partition coefficient (Wildman–Crippen LogP) is 0.735. The van der Waals surface area contributed by atoms with Crippen LogP contribution in [0.15, 0.2) is 33.5 Å². The molecule has 0 fully saturated rings. The van der Waals surface area contributed by atoms with E-state index in [0.717, 1.165) is 16.7 Å². The van der Waals surface area contributed by atoms with Crippen LogP contribution in [0.2, 0.25) is 0 Å². The Morgan fingerprint density at radius 2 is 0.889 bits per heavy atom. The number of hydrogen-bond donors (Lipinski definition) is 3. The zero-order valence-corrected chi connectivity index (χ0v) is 10.8. The number of rotatable bonds is 3. The number of hydrogen-bond acceptors (Lipinski definition) is 6. The normalized spacial score (nSPS) is 13.8. The van der Waals surface area contributed by atoms with Gasteiger partial charge in [-0.1, -0.05) is 0 Å². The van der Waals surface area contributed by atoms with Gasteiger partial charge in [-0.15, -0.1) is 0 Å². The van der Waals surface area contributed by atoms with Crippen molar-refractivity contribution in [3.05, 3.63) is 34.9 Å². The van der Waals surface area contributed by atoms with E-state index in [4.69, 9.17) is 17.5 Å². The summed E-state index contributed by atoms with van der Waals surface area (Å²) in [5, 5.41) is 11.1. The van der Waals surface area contributed by atoms with Crippen LogP contribution in [0.3, 0.4) is 0 Å². The van der Waals surface area contributed by atoms with Crippen LogP contribution >= 0.6 is 0 Å². The van der Waals surface area contributed by atoms with Crippen LogP contribution in [0.1, 0.15) is 37.5 Å². The van der Waals surface area contributed by atoms with Crippen molar-refractivity contribution in [2.45, 2.75) is 20.8 Å². The summed E-state index contributed by atoms with van der Waals surface area (Å²) in [6.07, 6.45) is 0. The zero-order valence-electron chi connectivity index (χ0n) is 10.8. The molecule has 6 heteroatoms. The van der Waals surface area contributed by atoms with E-state index in [2.05, 4.69) is 15.3 Å². The molecule has 0 heterocycles. The van der Waals surface area contributed by atoms with Crippen molar-refractivity contribution >= 4 is 17.1 Å². The lowest BCUT2D eigenvalue weighted by Crippen LogP contribution is -2.08. The van der Waals surface area contributed by atoms with E-state index in [1.807, 2.05) is 39.0 Å². The maximum absolute atomic E-state index is 5.30. The molecule has 0 saturated carbocycles. The summed E-state index contributed by atoms with van der Waals surface area (Å²) in [6, 6.07) is 5.76. The fraction of sp³-hybridized carbons (Fsp3) is 0.250. The third-order valence-electron chi connectivity index (χ3n) is 2.77. The van der Waals surface area contributed by atoms with E-state index in [1.54, 1.807) is 0 Å². The lowest BCUT2D eigenvalue weighted by molar-refractivity contribution is 1.22. The Balaban J connectivity index is 3.48. The van der Waals surface area contributed by atoms with Crippen molar-refractivity contribution in [2.75, 3.05) is 0 Å². The lowest BCUT2D eigenvalue weighted by Gasteiger charge is -2.08. The van der Waals surface area contributed by atoms with E-state index < -0.39 is 0 Å². The Morgan fingerprint density at radius 3 is 1.06 bits per heavy atom. The maximum atomic E-state index is 5.30. The molecule has 6 N–H and O–H groups in total. The molecule has 0 amide bonds. The molecule has 0 saturated heterocycles. The van der Waals surface area contributed by atoms with E-state index in [-0.39, 0.29) is 0 Å². The van der Waals surface area contributed by atoms with Crippen molar-refractivity contribution in [3.8, 4) is 0 Å². The van der Waals surface area contributed by atoms with E-state index in [9.17, 15) is 0 Å². The first-order valence-corrected chi connectivity index (χ1v) is 5.43. The van der Waals surface area contributed by atoms with Gasteiger partial charge >= 0.3 is 0 Å². The number of hydrazone groups is 3. The maximum Gasteiger partial charge on any atom is 0.0642 e. The number of nitrogens with zero attached hydrogens (tertiary/aromatic N) is 3. The summed E-state index contributed by atoms with van der Waals surface area (Å²) in [4.78, 5) is 0. The average Bonchev–Trinajstić information content (AvgIpc) is 2.43. The van der Waals surface area contributed by atoms with Crippen molar-refractivity contribution in [2.24, 2.45) is 32.8 Å². The number of benzene rings is 1. The third kappa shape index (κ3) is 2.85. The first-order chi connectivity index (χ1) is 8.53. The highest BCUT2D eigenvalue weighted by molar-refractivity contribution is 6.08. The SMILES string of the molecule is CC(=NN)c1cc(/C(C)=N/N)cc(/C(C)=N/N)c1. The van der Waals surface area contributed by atoms with Crippen LogP contribution in [0.4, 0.5) is 0 Å². The fourth-order valence-corrected chi connectivity index (χ4v) is 1.48. The van der Waals surface area contributed by atoms with Crippen LogP contribution in [-0.4, -0.2) is 17.1 Å².